The minimum Gasteiger partial charge on any atom is -0.750 e. The molecule has 5 heteroatoms. The van der Waals surface area contributed by atoms with Gasteiger partial charge in [0, 0.05) is 0 Å². The zero-order valence-electron chi connectivity index (χ0n) is 3.34. The van der Waals surface area contributed by atoms with Gasteiger partial charge in [0.05, 0.1) is 18.5 Å². The second-order valence-corrected chi connectivity index (χ2v) is 1.11. The number of hydrogen-bond donors (Lipinski definition) is 1. The van der Waals surface area contributed by atoms with Crippen LogP contribution in [0.4, 0.5) is 0 Å². The van der Waals surface area contributed by atoms with Crippen molar-refractivity contribution in [3.63, 3.8) is 0 Å². The molecule has 1 unspecified atom stereocenters. The quantitative estimate of drug-likeness (QED) is 0.467. The van der Waals surface area contributed by atoms with E-state index in [4.69, 9.17) is 8.76 Å². The predicted octanol–water partition coefficient (Wildman–Crippen LogP) is -0.411. The van der Waals surface area contributed by atoms with Crippen LogP contribution in [0, 0.1) is 0 Å². The van der Waals surface area contributed by atoms with Gasteiger partial charge in [-0.1, -0.05) is 0 Å². The summed E-state index contributed by atoms with van der Waals surface area (Å²) in [4.78, 5) is 0. The van der Waals surface area contributed by atoms with Crippen LogP contribution in [0.5, 0.6) is 0 Å². The normalized spacial score (nSPS) is 12.3. The van der Waals surface area contributed by atoms with Crippen molar-refractivity contribution in [2.75, 3.05) is 7.11 Å². The van der Waals surface area contributed by atoms with Crippen LogP contribution in [0.3, 0.4) is 0 Å². The fourth-order valence-corrected chi connectivity index (χ4v) is 0. The first-order chi connectivity index (χ1) is 2.27. The highest BCUT2D eigenvalue weighted by molar-refractivity contribution is 7.74. The Balaban J connectivity index is 0. The van der Waals surface area contributed by atoms with Crippen LogP contribution in [0.2, 0.25) is 0 Å². The van der Waals surface area contributed by atoms with Gasteiger partial charge < -0.3 is 14.9 Å². The Bertz CT molecular complexity index is 46.1. The second-order valence-electron chi connectivity index (χ2n) is 0.371. The molecule has 0 aliphatic heterocycles. The summed E-state index contributed by atoms with van der Waals surface area (Å²) in [6.45, 7) is 0. The van der Waals surface area contributed by atoms with Gasteiger partial charge in [-0.25, -0.2) is 4.21 Å². The third kappa shape index (κ3) is 8.98. The van der Waals surface area contributed by atoms with Crippen molar-refractivity contribution >= 4 is 11.4 Å². The van der Waals surface area contributed by atoms with Gasteiger partial charge in [-0.3, -0.25) is 0 Å². The lowest BCUT2D eigenvalue weighted by molar-refractivity contribution is 0.368. The van der Waals surface area contributed by atoms with Crippen molar-refractivity contribution in [2.24, 2.45) is 0 Å². The molecule has 4 nitrogen and oxygen atoms in total. The molecule has 40 valence electrons. The van der Waals surface area contributed by atoms with Crippen molar-refractivity contribution in [3.8, 4) is 0 Å². The maximum Gasteiger partial charge on any atom is 0.0839 e. The molecule has 3 N–H and O–H groups in total. The topological polar surface area (TPSA) is 84.4 Å². The Hall–Kier alpha value is 0.0300. The van der Waals surface area contributed by atoms with E-state index < -0.39 is 11.4 Å². The summed E-state index contributed by atoms with van der Waals surface area (Å²) >= 11 is -2.32. The smallest absolute Gasteiger partial charge is 0.0839 e. The fourth-order valence-electron chi connectivity index (χ4n) is 0. The first kappa shape index (κ1) is 9.39. The molecule has 0 aromatic carbocycles. The lowest BCUT2D eigenvalue weighted by Crippen LogP contribution is -1.85. The van der Waals surface area contributed by atoms with E-state index in [1.54, 1.807) is 0 Å². The zero-order valence-corrected chi connectivity index (χ0v) is 4.16. The van der Waals surface area contributed by atoms with E-state index in [0.717, 1.165) is 7.11 Å². The van der Waals surface area contributed by atoms with Gasteiger partial charge in [-0.15, -0.1) is 0 Å². The molecule has 0 spiro atoms. The van der Waals surface area contributed by atoms with Gasteiger partial charge in [0.2, 0.25) is 0 Å². The monoisotopic (exact) mass is 112 g/mol. The van der Waals surface area contributed by atoms with Gasteiger partial charge in [0.25, 0.3) is 0 Å². The average Bonchev–Trinajstić information content (AvgIpc) is 1.38. The maximum absolute atomic E-state index is 9.15. The summed E-state index contributed by atoms with van der Waals surface area (Å²) in [5.41, 5.74) is 0. The van der Waals surface area contributed by atoms with Crippen molar-refractivity contribution < 1.29 is 12.9 Å². The lowest BCUT2D eigenvalue weighted by atomic mass is 11.8. The molecule has 0 aromatic heterocycles. The predicted molar refractivity (Wildman–Crippen MR) is 21.0 cm³/mol. The molecule has 0 aromatic rings. The summed E-state index contributed by atoms with van der Waals surface area (Å²) in [6, 6.07) is 0. The van der Waals surface area contributed by atoms with Crippen LogP contribution in [-0.4, -0.2) is 15.9 Å². The summed E-state index contributed by atoms with van der Waals surface area (Å²) in [6.07, 6.45) is 0. The molecule has 0 radical (unpaired) electrons. The molecule has 0 fully saturated rings. The summed E-state index contributed by atoms with van der Waals surface area (Å²) < 4.78 is 22.0. The van der Waals surface area contributed by atoms with E-state index in [-0.39, 0.29) is 6.15 Å². The highest BCUT2D eigenvalue weighted by Gasteiger charge is 1.59. The molecule has 0 saturated carbocycles. The molecule has 1 atom stereocenters. The Kier molecular flexibility index (Phi) is 7.88. The molecule has 0 rings (SSSR count). The van der Waals surface area contributed by atoms with E-state index in [0.29, 0.717) is 0 Å². The number of rotatable bonds is 1. The molecular weight excluding hydrogens is 106 g/mol. The Morgan fingerprint density at radius 3 is 2.00 bits per heavy atom. The standard InChI is InChI=1S/CH4O3S.H3N/c1-4-5(2)3;/h1H3,(H,2,3);1H3/p-1. The summed E-state index contributed by atoms with van der Waals surface area (Å²) in [5, 5.41) is 0. The fraction of sp³-hybridized carbons (Fsp3) is 1.00. The zero-order chi connectivity index (χ0) is 4.28. The van der Waals surface area contributed by atoms with Gasteiger partial charge in [-0.2, -0.15) is 0 Å². The van der Waals surface area contributed by atoms with E-state index in [1.807, 2.05) is 0 Å². The van der Waals surface area contributed by atoms with Crippen LogP contribution in [0.25, 0.3) is 0 Å². The van der Waals surface area contributed by atoms with E-state index in [1.165, 1.54) is 0 Å². The van der Waals surface area contributed by atoms with Gasteiger partial charge in [0.15, 0.2) is 0 Å². The Morgan fingerprint density at radius 1 is 1.83 bits per heavy atom. The van der Waals surface area contributed by atoms with Crippen LogP contribution in [0.1, 0.15) is 0 Å². The van der Waals surface area contributed by atoms with Gasteiger partial charge >= 0.3 is 0 Å². The molecule has 0 amide bonds. The highest BCUT2D eigenvalue weighted by atomic mass is 32.2. The van der Waals surface area contributed by atoms with Crippen molar-refractivity contribution in [1.82, 2.24) is 6.15 Å². The van der Waals surface area contributed by atoms with Crippen LogP contribution >= 0.6 is 0 Å². The minimum atomic E-state index is -2.32. The average molecular weight is 112 g/mol. The van der Waals surface area contributed by atoms with Gasteiger partial charge in [-0.05, 0) is 0 Å². The largest absolute Gasteiger partial charge is 0.750 e. The SMILES string of the molecule is COS(=O)[O-].N. The maximum atomic E-state index is 9.15. The van der Waals surface area contributed by atoms with E-state index in [2.05, 4.69) is 4.18 Å². The van der Waals surface area contributed by atoms with Crippen molar-refractivity contribution in [2.45, 2.75) is 0 Å². The molecule has 0 saturated heterocycles. The molecule has 0 aliphatic rings. The lowest BCUT2D eigenvalue weighted by Gasteiger charge is -1.94. The minimum absolute atomic E-state index is 0. The van der Waals surface area contributed by atoms with Crippen molar-refractivity contribution in [1.29, 1.82) is 0 Å². The van der Waals surface area contributed by atoms with Gasteiger partial charge in [0.1, 0.15) is 0 Å². The van der Waals surface area contributed by atoms with Crippen LogP contribution in [0.15, 0.2) is 0 Å². The first-order valence-corrected chi connectivity index (χ1v) is 1.91. The molecule has 0 aliphatic carbocycles. The second kappa shape index (κ2) is 5.03. The molecule has 0 heterocycles. The van der Waals surface area contributed by atoms with Crippen LogP contribution < -0.4 is 6.15 Å². The van der Waals surface area contributed by atoms with Crippen molar-refractivity contribution in [3.05, 3.63) is 0 Å². The summed E-state index contributed by atoms with van der Waals surface area (Å²) in [5.74, 6) is 0. The highest BCUT2D eigenvalue weighted by Crippen LogP contribution is 1.63. The molecule has 6 heavy (non-hydrogen) atoms. The Labute approximate surface area is 38.6 Å². The first-order valence-electron chi connectivity index (χ1n) is 0.908. The third-order valence-corrected chi connectivity index (χ3v) is 0.408. The van der Waals surface area contributed by atoms with E-state index in [9.17, 15) is 0 Å². The molecular formula is CH6NO3S-. The number of hydrogen-bond acceptors (Lipinski definition) is 4. The van der Waals surface area contributed by atoms with Crippen LogP contribution in [-0.2, 0) is 15.5 Å². The third-order valence-electron chi connectivity index (χ3n) is 0.136. The Morgan fingerprint density at radius 2 is 2.00 bits per heavy atom. The summed E-state index contributed by atoms with van der Waals surface area (Å²) in [7, 11) is 1.09. The van der Waals surface area contributed by atoms with E-state index >= 15 is 0 Å². The molecule has 0 bridgehead atoms.